The summed E-state index contributed by atoms with van der Waals surface area (Å²) in [6.07, 6.45) is 8.62. The van der Waals surface area contributed by atoms with Crippen LogP contribution in [0.2, 0.25) is 0 Å². The molecule has 0 spiro atoms. The van der Waals surface area contributed by atoms with Gasteiger partial charge in [0.05, 0.1) is 25.2 Å². The van der Waals surface area contributed by atoms with Crippen LogP contribution < -0.4 is 25.4 Å². The topological polar surface area (TPSA) is 124 Å². The summed E-state index contributed by atoms with van der Waals surface area (Å²) in [5.74, 6) is -0.126. The van der Waals surface area contributed by atoms with Crippen molar-refractivity contribution < 1.29 is 28.2 Å². The van der Waals surface area contributed by atoms with Gasteiger partial charge in [0.2, 0.25) is 17.7 Å². The molecule has 3 N–H and O–H groups in total. The van der Waals surface area contributed by atoms with Gasteiger partial charge in [-0.1, -0.05) is 43.7 Å². The second-order valence-electron chi connectivity index (χ2n) is 11.8. The standard InChI is InChI=1S/C38H42FN5O5/c1-2-3-19-40-38(47)33-23-28-11-17-31(18-12-28)48-20-5-8-27-7-4-9-32(22-27)49-21-6-10-34-37(29-13-15-30(39)16-14-29)42-26-44(34)25-36(46)41-24-35(45)43-33/h4-5,7-9,11-18,22,26,33H,2-3,6,10,19-21,23-25H2,1H3,(H,40,47)(H,41,46)(H,43,45)/b8-5-/t33-/m0/s1. The average Bonchev–Trinajstić information content (AvgIpc) is 3.50. The van der Waals surface area contributed by atoms with Gasteiger partial charge in [0.25, 0.3) is 0 Å². The molecule has 0 radical (unpaired) electrons. The lowest BCUT2D eigenvalue weighted by Crippen LogP contribution is -2.50. The predicted molar refractivity (Wildman–Crippen MR) is 185 cm³/mol. The van der Waals surface area contributed by atoms with Gasteiger partial charge < -0.3 is 30.0 Å². The first kappa shape index (κ1) is 34.9. The normalized spacial score (nSPS) is 16.8. The molecule has 0 unspecified atom stereocenters. The van der Waals surface area contributed by atoms with Crippen molar-refractivity contribution in [2.45, 2.75) is 51.6 Å². The Morgan fingerprint density at radius 1 is 1.02 bits per heavy atom. The lowest BCUT2D eigenvalue weighted by Gasteiger charge is -2.19. The number of unbranched alkanes of at least 4 members (excludes halogenated alkanes) is 1. The molecule has 0 saturated heterocycles. The Hall–Kier alpha value is -5.45. The van der Waals surface area contributed by atoms with Crippen LogP contribution in [0.5, 0.6) is 11.5 Å². The lowest BCUT2D eigenvalue weighted by atomic mass is 10.0. The summed E-state index contributed by atoms with van der Waals surface area (Å²) in [6, 6.07) is 20.4. The van der Waals surface area contributed by atoms with Crippen molar-refractivity contribution in [3.63, 3.8) is 0 Å². The molecule has 4 bridgehead atoms. The largest absolute Gasteiger partial charge is 0.494 e. The van der Waals surface area contributed by atoms with E-state index in [1.54, 1.807) is 23.0 Å². The number of imidazole rings is 1. The molecule has 0 fully saturated rings. The third-order valence-electron chi connectivity index (χ3n) is 8.01. The van der Waals surface area contributed by atoms with Gasteiger partial charge >= 0.3 is 0 Å². The number of carbonyl (C=O) groups excluding carboxylic acids is 3. The van der Waals surface area contributed by atoms with E-state index in [4.69, 9.17) is 9.47 Å². The zero-order chi connectivity index (χ0) is 34.4. The Labute approximate surface area is 285 Å². The van der Waals surface area contributed by atoms with Gasteiger partial charge in [-0.15, -0.1) is 0 Å². The van der Waals surface area contributed by atoms with Crippen LogP contribution in [0, 0.1) is 5.82 Å². The van der Waals surface area contributed by atoms with Crippen LogP contribution in [0.4, 0.5) is 4.39 Å². The molecular formula is C38H42FN5O5. The average molecular weight is 668 g/mol. The molecule has 1 atom stereocenters. The maximum absolute atomic E-state index is 13.7. The minimum absolute atomic E-state index is 0.0819. The molecule has 1 aromatic heterocycles. The van der Waals surface area contributed by atoms with E-state index in [0.717, 1.165) is 41.0 Å². The second kappa shape index (κ2) is 17.6. The summed E-state index contributed by atoms with van der Waals surface area (Å²) in [7, 11) is 0. The Morgan fingerprint density at radius 3 is 2.63 bits per heavy atom. The zero-order valence-corrected chi connectivity index (χ0v) is 27.6. The fourth-order valence-corrected chi connectivity index (χ4v) is 5.43. The van der Waals surface area contributed by atoms with Crippen LogP contribution in [0.1, 0.15) is 43.0 Å². The first-order valence-electron chi connectivity index (χ1n) is 16.6. The third-order valence-corrected chi connectivity index (χ3v) is 8.01. The summed E-state index contributed by atoms with van der Waals surface area (Å²) in [5.41, 5.74) is 3.96. The lowest BCUT2D eigenvalue weighted by molar-refractivity contribution is -0.129. The minimum atomic E-state index is -0.832. The van der Waals surface area contributed by atoms with Crippen molar-refractivity contribution in [2.75, 3.05) is 26.3 Å². The number of rotatable bonds is 5. The molecule has 6 rings (SSSR count). The van der Waals surface area contributed by atoms with Crippen LogP contribution in [0.3, 0.4) is 0 Å². The highest BCUT2D eigenvalue weighted by Crippen LogP contribution is 2.24. The molecule has 0 aliphatic carbocycles. The summed E-state index contributed by atoms with van der Waals surface area (Å²) in [6.45, 7) is 2.92. The summed E-state index contributed by atoms with van der Waals surface area (Å²) in [4.78, 5) is 43.7. The summed E-state index contributed by atoms with van der Waals surface area (Å²) >= 11 is 0. The zero-order valence-electron chi connectivity index (χ0n) is 27.6. The van der Waals surface area contributed by atoms with Crippen molar-refractivity contribution in [3.8, 4) is 22.8 Å². The van der Waals surface area contributed by atoms with E-state index in [-0.39, 0.29) is 31.2 Å². The molecule has 2 aliphatic heterocycles. The van der Waals surface area contributed by atoms with E-state index in [2.05, 4.69) is 20.9 Å². The van der Waals surface area contributed by atoms with Crippen LogP contribution in [-0.2, 0) is 33.8 Å². The van der Waals surface area contributed by atoms with Crippen molar-refractivity contribution in [1.82, 2.24) is 25.5 Å². The molecule has 3 heterocycles. The maximum Gasteiger partial charge on any atom is 0.242 e. The molecule has 3 aromatic carbocycles. The van der Waals surface area contributed by atoms with E-state index in [1.807, 2.05) is 67.6 Å². The van der Waals surface area contributed by atoms with E-state index in [1.165, 1.54) is 12.1 Å². The predicted octanol–water partition coefficient (Wildman–Crippen LogP) is 4.87. The molecule has 2 aliphatic rings. The Bertz CT molecular complexity index is 1740. The highest BCUT2D eigenvalue weighted by molar-refractivity contribution is 5.90. The smallest absolute Gasteiger partial charge is 0.242 e. The molecule has 256 valence electrons. The summed E-state index contributed by atoms with van der Waals surface area (Å²) in [5, 5.41) is 8.36. The SMILES string of the molecule is CCCCNC(=O)[C@@H]1Cc2ccc(cc2)OC/C=C\c2cccc(c2)OCCCc2c(-c3ccc(F)cc3)ncn2CC(=O)NCC(=O)N1. The van der Waals surface area contributed by atoms with Gasteiger partial charge in [-0.05, 0) is 85.0 Å². The number of hydrogen-bond donors (Lipinski definition) is 3. The quantitative estimate of drug-likeness (QED) is 0.261. The van der Waals surface area contributed by atoms with Gasteiger partial charge in [0.15, 0.2) is 0 Å². The van der Waals surface area contributed by atoms with Crippen LogP contribution in [-0.4, -0.2) is 59.6 Å². The first-order valence-corrected chi connectivity index (χ1v) is 16.6. The molecule has 11 heteroatoms. The molecular weight excluding hydrogens is 625 g/mol. The number of nitrogens with one attached hydrogen (secondary N) is 3. The van der Waals surface area contributed by atoms with Gasteiger partial charge in [0.1, 0.15) is 36.5 Å². The van der Waals surface area contributed by atoms with E-state index < -0.39 is 17.9 Å². The molecule has 4 aromatic rings. The van der Waals surface area contributed by atoms with Gasteiger partial charge in [-0.25, -0.2) is 9.37 Å². The van der Waals surface area contributed by atoms with Gasteiger partial charge in [0, 0.05) is 24.2 Å². The Balaban J connectivity index is 1.36. The van der Waals surface area contributed by atoms with Crippen LogP contribution >= 0.6 is 0 Å². The number of carbonyl (C=O) groups is 3. The van der Waals surface area contributed by atoms with Crippen molar-refractivity contribution in [3.05, 3.63) is 108 Å². The fraction of sp³-hybridized carbons (Fsp3) is 0.316. The number of fused-ring (bicyclic) bond motifs is 14. The maximum atomic E-state index is 13.7. The molecule has 3 amide bonds. The van der Waals surface area contributed by atoms with Crippen LogP contribution in [0.15, 0.2) is 85.2 Å². The molecule has 0 saturated carbocycles. The molecule has 10 nitrogen and oxygen atoms in total. The number of ether oxygens (including phenoxy) is 2. The van der Waals surface area contributed by atoms with E-state index >= 15 is 0 Å². The number of benzene rings is 3. The minimum Gasteiger partial charge on any atom is -0.494 e. The third kappa shape index (κ3) is 10.5. The van der Waals surface area contributed by atoms with E-state index in [0.29, 0.717) is 44.0 Å². The number of hydrogen-bond acceptors (Lipinski definition) is 6. The molecule has 49 heavy (non-hydrogen) atoms. The monoisotopic (exact) mass is 667 g/mol. The number of nitrogens with zero attached hydrogens (tertiary/aromatic N) is 2. The first-order chi connectivity index (χ1) is 23.9. The van der Waals surface area contributed by atoms with Crippen molar-refractivity contribution in [2.24, 2.45) is 0 Å². The fourth-order valence-electron chi connectivity index (χ4n) is 5.43. The number of halogens is 1. The van der Waals surface area contributed by atoms with E-state index in [9.17, 15) is 18.8 Å². The van der Waals surface area contributed by atoms with Gasteiger partial charge in [-0.2, -0.15) is 0 Å². The highest BCUT2D eigenvalue weighted by atomic mass is 19.1. The Kier molecular flexibility index (Phi) is 12.5. The van der Waals surface area contributed by atoms with Gasteiger partial charge in [-0.3, -0.25) is 14.4 Å². The van der Waals surface area contributed by atoms with Crippen molar-refractivity contribution >= 4 is 23.8 Å². The number of amides is 3. The number of aromatic nitrogens is 2. The second-order valence-corrected chi connectivity index (χ2v) is 11.8. The Morgan fingerprint density at radius 2 is 1.84 bits per heavy atom. The summed E-state index contributed by atoms with van der Waals surface area (Å²) < 4.78 is 27.4. The van der Waals surface area contributed by atoms with Crippen molar-refractivity contribution in [1.29, 1.82) is 0 Å². The van der Waals surface area contributed by atoms with Crippen LogP contribution in [0.25, 0.3) is 17.3 Å². The highest BCUT2D eigenvalue weighted by Gasteiger charge is 2.22.